The molecule has 0 saturated heterocycles. The first kappa shape index (κ1) is 14.0. The van der Waals surface area contributed by atoms with Crippen molar-refractivity contribution in [3.63, 3.8) is 0 Å². The molecular weight excluding hydrogens is 306 g/mol. The third kappa shape index (κ3) is 2.77. The minimum atomic E-state index is -0.857. The third-order valence-electron chi connectivity index (χ3n) is 3.41. The summed E-state index contributed by atoms with van der Waals surface area (Å²) in [6.45, 7) is 0. The molecule has 1 aromatic heterocycles. The average molecular weight is 318 g/mol. The molecule has 5 heteroatoms. The number of carbonyl (C=O) groups is 1. The Labute approximate surface area is 131 Å². The van der Waals surface area contributed by atoms with E-state index in [1.807, 2.05) is 42.5 Å². The number of aliphatic carboxylic acids is 1. The number of nitrogens with zero attached hydrogens (tertiary/aromatic N) is 1. The Morgan fingerprint density at radius 1 is 1.19 bits per heavy atom. The molecule has 0 aliphatic heterocycles. The van der Waals surface area contributed by atoms with Gasteiger partial charge in [0.05, 0.1) is 11.4 Å². The summed E-state index contributed by atoms with van der Waals surface area (Å²) in [4.78, 5) is 12.5. The maximum Gasteiger partial charge on any atom is 0.312 e. The second-order valence-electron chi connectivity index (χ2n) is 4.75. The maximum absolute atomic E-state index is 11.7. The second-order valence-corrected chi connectivity index (χ2v) is 5.96. The highest BCUT2D eigenvalue weighted by Gasteiger charge is 2.25. The standard InChI is InChI=1S/C16H12ClNO2S/c17-13-7-3-1-5-10(13)9-12(16(19)20)15-11-6-2-4-8-14(11)18-21-15/h1-8,12H,9H2,(H,19,20). The zero-order chi connectivity index (χ0) is 14.8. The van der Waals surface area contributed by atoms with Crippen molar-refractivity contribution < 1.29 is 9.90 Å². The molecule has 0 aliphatic rings. The van der Waals surface area contributed by atoms with Crippen molar-refractivity contribution in [2.24, 2.45) is 0 Å². The lowest BCUT2D eigenvalue weighted by Gasteiger charge is -2.12. The van der Waals surface area contributed by atoms with Crippen LogP contribution in [0.1, 0.15) is 16.4 Å². The first-order valence-corrected chi connectivity index (χ1v) is 7.62. The van der Waals surface area contributed by atoms with Gasteiger partial charge in [-0.15, -0.1) is 0 Å². The fourth-order valence-electron chi connectivity index (χ4n) is 2.34. The van der Waals surface area contributed by atoms with E-state index in [-0.39, 0.29) is 0 Å². The van der Waals surface area contributed by atoms with Gasteiger partial charge in [-0.25, -0.2) is 0 Å². The zero-order valence-corrected chi connectivity index (χ0v) is 12.6. The van der Waals surface area contributed by atoms with Crippen LogP contribution < -0.4 is 0 Å². The number of benzene rings is 2. The van der Waals surface area contributed by atoms with Gasteiger partial charge in [0.15, 0.2) is 0 Å². The summed E-state index contributed by atoms with van der Waals surface area (Å²) in [6.07, 6.45) is 0.362. The van der Waals surface area contributed by atoms with E-state index in [9.17, 15) is 9.90 Å². The molecular formula is C16H12ClNO2S. The van der Waals surface area contributed by atoms with Crippen molar-refractivity contribution in [3.05, 3.63) is 64.0 Å². The van der Waals surface area contributed by atoms with Crippen LogP contribution in [0.4, 0.5) is 0 Å². The number of hydrogen-bond acceptors (Lipinski definition) is 3. The molecule has 1 atom stereocenters. The maximum atomic E-state index is 11.7. The van der Waals surface area contributed by atoms with Crippen molar-refractivity contribution in [1.82, 2.24) is 4.37 Å². The van der Waals surface area contributed by atoms with E-state index in [2.05, 4.69) is 4.37 Å². The van der Waals surface area contributed by atoms with Crippen molar-refractivity contribution in [1.29, 1.82) is 0 Å². The molecule has 3 nitrogen and oxygen atoms in total. The summed E-state index contributed by atoms with van der Waals surface area (Å²) in [6, 6.07) is 14.9. The Morgan fingerprint density at radius 3 is 2.67 bits per heavy atom. The second kappa shape index (κ2) is 5.84. The first-order chi connectivity index (χ1) is 10.2. The Hall–Kier alpha value is -1.91. The first-order valence-electron chi connectivity index (χ1n) is 6.47. The minimum absolute atomic E-state index is 0.362. The van der Waals surface area contributed by atoms with Crippen LogP contribution in [0, 0.1) is 0 Å². The summed E-state index contributed by atoms with van der Waals surface area (Å²) < 4.78 is 4.33. The Morgan fingerprint density at radius 2 is 1.90 bits per heavy atom. The number of rotatable bonds is 4. The summed E-state index contributed by atoms with van der Waals surface area (Å²) >= 11 is 7.40. The Kier molecular flexibility index (Phi) is 3.90. The summed E-state index contributed by atoms with van der Waals surface area (Å²) in [5, 5.41) is 11.1. The summed E-state index contributed by atoms with van der Waals surface area (Å²) in [5.41, 5.74) is 1.67. The van der Waals surface area contributed by atoms with E-state index >= 15 is 0 Å². The van der Waals surface area contributed by atoms with Crippen LogP contribution in [-0.4, -0.2) is 15.4 Å². The normalized spacial score (nSPS) is 12.4. The molecule has 0 amide bonds. The highest BCUT2D eigenvalue weighted by atomic mass is 35.5. The van der Waals surface area contributed by atoms with Crippen LogP contribution in [0.5, 0.6) is 0 Å². The molecule has 0 saturated carbocycles. The Bertz CT molecular complexity index is 800. The predicted octanol–water partition coefficient (Wildman–Crippen LogP) is 4.36. The van der Waals surface area contributed by atoms with Crippen LogP contribution in [0.3, 0.4) is 0 Å². The average Bonchev–Trinajstić information content (AvgIpc) is 2.90. The fraction of sp³-hybridized carbons (Fsp3) is 0.125. The molecule has 0 aliphatic carbocycles. The SMILES string of the molecule is O=C(O)C(Cc1ccccc1Cl)c1snc2ccccc12. The minimum Gasteiger partial charge on any atom is -0.481 e. The molecule has 2 aromatic carbocycles. The van der Waals surface area contributed by atoms with Gasteiger partial charge in [-0.3, -0.25) is 4.79 Å². The molecule has 3 rings (SSSR count). The molecule has 0 radical (unpaired) electrons. The molecule has 1 N–H and O–H groups in total. The zero-order valence-electron chi connectivity index (χ0n) is 11.0. The molecule has 0 bridgehead atoms. The van der Waals surface area contributed by atoms with E-state index in [0.29, 0.717) is 11.4 Å². The van der Waals surface area contributed by atoms with Gasteiger partial charge in [-0.1, -0.05) is 48.0 Å². The molecule has 0 fully saturated rings. The summed E-state index contributed by atoms with van der Waals surface area (Å²) in [5.74, 6) is -1.49. The highest BCUT2D eigenvalue weighted by Crippen LogP contribution is 2.33. The molecule has 106 valence electrons. The van der Waals surface area contributed by atoms with Gasteiger partial charge in [0.1, 0.15) is 0 Å². The smallest absolute Gasteiger partial charge is 0.312 e. The van der Waals surface area contributed by atoms with Gasteiger partial charge in [0, 0.05) is 15.3 Å². The van der Waals surface area contributed by atoms with Crippen molar-refractivity contribution in [3.8, 4) is 0 Å². The van der Waals surface area contributed by atoms with E-state index in [1.54, 1.807) is 6.07 Å². The van der Waals surface area contributed by atoms with Crippen molar-refractivity contribution in [2.45, 2.75) is 12.3 Å². The largest absolute Gasteiger partial charge is 0.481 e. The van der Waals surface area contributed by atoms with Gasteiger partial charge in [-0.05, 0) is 35.6 Å². The topological polar surface area (TPSA) is 50.2 Å². The van der Waals surface area contributed by atoms with Gasteiger partial charge in [0.2, 0.25) is 0 Å². The lowest BCUT2D eigenvalue weighted by Crippen LogP contribution is -2.13. The molecule has 1 heterocycles. The van der Waals surface area contributed by atoms with Crippen LogP contribution in [0.2, 0.25) is 5.02 Å². The highest BCUT2D eigenvalue weighted by molar-refractivity contribution is 7.07. The Balaban J connectivity index is 2.03. The fourth-order valence-corrected chi connectivity index (χ4v) is 3.49. The quantitative estimate of drug-likeness (QED) is 0.777. The van der Waals surface area contributed by atoms with E-state index < -0.39 is 11.9 Å². The number of aromatic nitrogens is 1. The lowest BCUT2D eigenvalue weighted by molar-refractivity contribution is -0.138. The molecule has 1 unspecified atom stereocenters. The van der Waals surface area contributed by atoms with E-state index in [4.69, 9.17) is 11.6 Å². The number of fused-ring (bicyclic) bond motifs is 1. The van der Waals surface area contributed by atoms with E-state index in [0.717, 1.165) is 21.3 Å². The van der Waals surface area contributed by atoms with E-state index in [1.165, 1.54) is 11.5 Å². The van der Waals surface area contributed by atoms with Gasteiger partial charge in [-0.2, -0.15) is 4.37 Å². The molecule has 0 spiro atoms. The molecule has 3 aromatic rings. The van der Waals surface area contributed by atoms with Crippen LogP contribution in [0.15, 0.2) is 48.5 Å². The van der Waals surface area contributed by atoms with Crippen LogP contribution >= 0.6 is 23.1 Å². The van der Waals surface area contributed by atoms with Crippen molar-refractivity contribution in [2.75, 3.05) is 0 Å². The van der Waals surface area contributed by atoms with Gasteiger partial charge in [0.25, 0.3) is 0 Å². The van der Waals surface area contributed by atoms with Crippen LogP contribution in [0.25, 0.3) is 10.9 Å². The predicted molar refractivity (Wildman–Crippen MR) is 85.2 cm³/mol. The monoisotopic (exact) mass is 317 g/mol. The third-order valence-corrected chi connectivity index (χ3v) is 4.77. The van der Waals surface area contributed by atoms with Gasteiger partial charge < -0.3 is 5.11 Å². The number of halogens is 1. The lowest BCUT2D eigenvalue weighted by atomic mass is 9.96. The van der Waals surface area contributed by atoms with Gasteiger partial charge >= 0.3 is 5.97 Å². The summed E-state index contributed by atoms with van der Waals surface area (Å²) in [7, 11) is 0. The van der Waals surface area contributed by atoms with Crippen LogP contribution in [-0.2, 0) is 11.2 Å². The number of hydrogen-bond donors (Lipinski definition) is 1. The molecule has 21 heavy (non-hydrogen) atoms. The van der Waals surface area contributed by atoms with Crippen molar-refractivity contribution >= 4 is 40.0 Å². The number of carboxylic acids is 1. The number of carboxylic acid groups (broad SMARTS) is 1.